The molecule has 0 aliphatic heterocycles. The smallest absolute Gasteiger partial charge is 0.310 e. The van der Waals surface area contributed by atoms with Crippen LogP contribution in [0.3, 0.4) is 0 Å². The molecule has 0 atom stereocenters. The highest BCUT2D eigenvalue weighted by Gasteiger charge is 2.22. The molecule has 0 rings (SSSR count). The van der Waals surface area contributed by atoms with Crippen LogP contribution in [-0.2, 0) is 9.53 Å². The van der Waals surface area contributed by atoms with E-state index in [1.165, 1.54) is 0 Å². The van der Waals surface area contributed by atoms with E-state index in [9.17, 15) is 4.79 Å². The summed E-state index contributed by atoms with van der Waals surface area (Å²) in [4.78, 5) is 11.2. The van der Waals surface area contributed by atoms with Gasteiger partial charge in [0.25, 0.3) is 0 Å². The van der Waals surface area contributed by atoms with Crippen molar-refractivity contribution in [1.29, 1.82) is 0 Å². The predicted octanol–water partition coefficient (Wildman–Crippen LogP) is 1.87. The van der Waals surface area contributed by atoms with Gasteiger partial charge in [0, 0.05) is 0 Å². The van der Waals surface area contributed by atoms with Gasteiger partial charge >= 0.3 is 5.97 Å². The van der Waals surface area contributed by atoms with Crippen LogP contribution in [0.25, 0.3) is 0 Å². The highest BCUT2D eigenvalue weighted by molar-refractivity contribution is 6.55. The molecule has 0 saturated heterocycles. The summed E-state index contributed by atoms with van der Waals surface area (Å²) in [5, 5.41) is 0. The Kier molecular flexibility index (Phi) is 3.79. The Hall–Kier alpha value is -0.313. The summed E-state index contributed by atoms with van der Waals surface area (Å²) in [5.74, 6) is -0.0938. The Balaban J connectivity index is 3.71. The molecule has 0 N–H and O–H groups in total. The first-order valence-electron chi connectivity index (χ1n) is 3.80. The topological polar surface area (TPSA) is 26.3 Å². The van der Waals surface area contributed by atoms with Gasteiger partial charge < -0.3 is 4.74 Å². The van der Waals surface area contributed by atoms with Gasteiger partial charge in [0.1, 0.15) is 0 Å². The first kappa shape index (κ1) is 10.7. The third-order valence-corrected chi connectivity index (χ3v) is 1.83. The summed E-state index contributed by atoms with van der Waals surface area (Å²) in [5.41, 5.74) is -0.350. The predicted molar refractivity (Wildman–Crippen MR) is 47.9 cm³/mol. The van der Waals surface area contributed by atoms with Gasteiger partial charge in [0.2, 0.25) is 0 Å². The lowest BCUT2D eigenvalue weighted by Gasteiger charge is -2.17. The van der Waals surface area contributed by atoms with Crippen LogP contribution >= 0.6 is 0 Å². The highest BCUT2D eigenvalue weighted by atomic mass is 28.3. The van der Waals surface area contributed by atoms with Crippen molar-refractivity contribution in [1.82, 2.24) is 0 Å². The number of hydrogen-bond acceptors (Lipinski definition) is 2. The van der Waals surface area contributed by atoms with Gasteiger partial charge in [0.05, 0.1) is 20.4 Å². The molecule has 0 fully saturated rings. The minimum absolute atomic E-state index is 0.0938. The molecule has 11 heavy (non-hydrogen) atoms. The Morgan fingerprint density at radius 3 is 2.09 bits per heavy atom. The molecule has 0 heterocycles. The third-order valence-electron chi connectivity index (χ3n) is 1.10. The first-order chi connectivity index (χ1) is 4.84. The molecule has 0 bridgehead atoms. The lowest BCUT2D eigenvalue weighted by molar-refractivity contribution is -0.150. The number of esters is 1. The SMILES string of the molecule is C[Si](C)COC(=O)C(C)(C)C. The van der Waals surface area contributed by atoms with E-state index in [1.54, 1.807) is 0 Å². The van der Waals surface area contributed by atoms with Crippen molar-refractivity contribution >= 4 is 14.8 Å². The monoisotopic (exact) mass is 173 g/mol. The molecule has 0 spiro atoms. The Bertz CT molecular complexity index is 136. The van der Waals surface area contributed by atoms with Gasteiger partial charge in [0.15, 0.2) is 0 Å². The van der Waals surface area contributed by atoms with E-state index < -0.39 is 8.80 Å². The van der Waals surface area contributed by atoms with Gasteiger partial charge in [-0.1, -0.05) is 13.1 Å². The van der Waals surface area contributed by atoms with Gasteiger partial charge in [-0.25, -0.2) is 0 Å². The van der Waals surface area contributed by atoms with E-state index in [-0.39, 0.29) is 11.4 Å². The summed E-state index contributed by atoms with van der Waals surface area (Å²) in [6.45, 7) is 9.86. The van der Waals surface area contributed by atoms with Crippen LogP contribution in [0, 0.1) is 5.41 Å². The second-order valence-corrected chi connectivity index (χ2v) is 6.74. The van der Waals surface area contributed by atoms with Gasteiger partial charge in [-0.3, -0.25) is 4.79 Å². The quantitative estimate of drug-likeness (QED) is 0.471. The average molecular weight is 173 g/mol. The summed E-state index contributed by atoms with van der Waals surface area (Å²) >= 11 is 0. The number of hydrogen-bond donors (Lipinski definition) is 0. The van der Waals surface area contributed by atoms with E-state index in [4.69, 9.17) is 4.74 Å². The molecule has 0 aliphatic carbocycles. The molecule has 1 radical (unpaired) electrons. The highest BCUT2D eigenvalue weighted by Crippen LogP contribution is 2.14. The number of ether oxygens (including phenoxy) is 1. The van der Waals surface area contributed by atoms with E-state index in [0.29, 0.717) is 6.23 Å². The zero-order valence-corrected chi connectivity index (χ0v) is 9.02. The van der Waals surface area contributed by atoms with Crippen LogP contribution in [-0.4, -0.2) is 21.0 Å². The second-order valence-electron chi connectivity index (χ2n) is 4.03. The Labute approximate surface area is 70.5 Å². The van der Waals surface area contributed by atoms with Gasteiger partial charge in [-0.2, -0.15) is 0 Å². The van der Waals surface area contributed by atoms with Crippen LogP contribution in [0.1, 0.15) is 20.8 Å². The van der Waals surface area contributed by atoms with Crippen LogP contribution in [0.5, 0.6) is 0 Å². The first-order valence-corrected chi connectivity index (χ1v) is 6.51. The molecular formula is C8H17O2Si. The number of rotatable bonds is 2. The van der Waals surface area contributed by atoms with Crippen molar-refractivity contribution in [3.63, 3.8) is 0 Å². The zero-order chi connectivity index (χ0) is 9.07. The van der Waals surface area contributed by atoms with Gasteiger partial charge in [-0.15, -0.1) is 0 Å². The summed E-state index contributed by atoms with van der Waals surface area (Å²) in [7, 11) is -0.432. The molecule has 0 unspecified atom stereocenters. The maximum absolute atomic E-state index is 11.2. The summed E-state index contributed by atoms with van der Waals surface area (Å²) in [6, 6.07) is 0. The van der Waals surface area contributed by atoms with Gasteiger partial charge in [-0.05, 0) is 20.8 Å². The molecule has 0 aromatic carbocycles. The number of carbonyl (C=O) groups excluding carboxylic acids is 1. The average Bonchev–Trinajstić information content (AvgIpc) is 1.80. The van der Waals surface area contributed by atoms with Crippen molar-refractivity contribution in [2.45, 2.75) is 33.9 Å². The van der Waals surface area contributed by atoms with Crippen molar-refractivity contribution in [2.24, 2.45) is 5.41 Å². The van der Waals surface area contributed by atoms with Crippen molar-refractivity contribution in [3.05, 3.63) is 0 Å². The molecule has 0 aromatic rings. The number of carbonyl (C=O) groups is 1. The van der Waals surface area contributed by atoms with Crippen LogP contribution < -0.4 is 0 Å². The molecule has 2 nitrogen and oxygen atoms in total. The van der Waals surface area contributed by atoms with E-state index in [0.717, 1.165) is 0 Å². The largest absolute Gasteiger partial charge is 0.469 e. The molecule has 65 valence electrons. The molecule has 0 aliphatic rings. The van der Waals surface area contributed by atoms with Crippen molar-refractivity contribution < 1.29 is 9.53 Å². The fourth-order valence-corrected chi connectivity index (χ4v) is 0.846. The molecular weight excluding hydrogens is 156 g/mol. The lowest BCUT2D eigenvalue weighted by atomic mass is 9.98. The maximum atomic E-state index is 11.2. The molecule has 0 aromatic heterocycles. The standard InChI is InChI=1S/C8H17O2Si/c1-8(2,3)7(9)10-6-11(4)5/h6H2,1-5H3. The van der Waals surface area contributed by atoms with Crippen molar-refractivity contribution in [2.75, 3.05) is 6.23 Å². The van der Waals surface area contributed by atoms with E-state index >= 15 is 0 Å². The van der Waals surface area contributed by atoms with E-state index in [1.807, 2.05) is 20.8 Å². The fraction of sp³-hybridized carbons (Fsp3) is 0.875. The normalized spacial score (nSPS) is 11.8. The van der Waals surface area contributed by atoms with Crippen LogP contribution in [0.2, 0.25) is 13.1 Å². The molecule has 0 amide bonds. The summed E-state index contributed by atoms with van der Waals surface area (Å²) in [6.07, 6.45) is 0.626. The Morgan fingerprint density at radius 2 is 1.82 bits per heavy atom. The zero-order valence-electron chi connectivity index (χ0n) is 8.02. The minimum atomic E-state index is -0.432. The molecule has 3 heteroatoms. The second kappa shape index (κ2) is 3.90. The fourth-order valence-electron chi connectivity index (χ4n) is 0.426. The Morgan fingerprint density at radius 1 is 1.36 bits per heavy atom. The minimum Gasteiger partial charge on any atom is -0.469 e. The van der Waals surface area contributed by atoms with E-state index in [2.05, 4.69) is 13.1 Å². The lowest BCUT2D eigenvalue weighted by Crippen LogP contribution is -2.26. The van der Waals surface area contributed by atoms with Crippen LogP contribution in [0.4, 0.5) is 0 Å². The maximum Gasteiger partial charge on any atom is 0.310 e. The third kappa shape index (κ3) is 5.01. The van der Waals surface area contributed by atoms with Crippen molar-refractivity contribution in [3.8, 4) is 0 Å². The summed E-state index contributed by atoms with van der Waals surface area (Å²) < 4.78 is 5.07. The molecule has 0 saturated carbocycles. The van der Waals surface area contributed by atoms with Crippen LogP contribution in [0.15, 0.2) is 0 Å².